The second-order valence-corrected chi connectivity index (χ2v) is 5.84. The zero-order valence-electron chi connectivity index (χ0n) is 12.2. The smallest absolute Gasteiger partial charge is 0.279 e. The van der Waals surface area contributed by atoms with E-state index in [9.17, 15) is 9.59 Å². The first-order valence-electron chi connectivity index (χ1n) is 7.26. The molecule has 1 aromatic heterocycles. The lowest BCUT2D eigenvalue weighted by atomic mass is 9.98. The Morgan fingerprint density at radius 1 is 1.38 bits per heavy atom. The maximum Gasteiger partial charge on any atom is 0.279 e. The second-order valence-electron chi connectivity index (χ2n) is 5.84. The fraction of sp³-hybridized carbons (Fsp3) is 0.643. The molecule has 0 saturated carbocycles. The van der Waals surface area contributed by atoms with Crippen molar-refractivity contribution in [2.75, 3.05) is 39.4 Å². The third-order valence-corrected chi connectivity index (χ3v) is 4.42. The third kappa shape index (κ3) is 2.71. The molecule has 0 aliphatic carbocycles. The van der Waals surface area contributed by atoms with Crippen molar-refractivity contribution < 1.29 is 9.53 Å². The molecule has 3 rings (SSSR count). The maximum atomic E-state index is 12.4. The minimum atomic E-state index is -0.428. The van der Waals surface area contributed by atoms with E-state index < -0.39 is 5.56 Å². The Bertz CT molecular complexity index is 582. The van der Waals surface area contributed by atoms with Gasteiger partial charge in [0.05, 0.1) is 13.2 Å². The number of nitrogens with one attached hydrogen (secondary N) is 1. The van der Waals surface area contributed by atoms with Crippen molar-refractivity contribution in [3.63, 3.8) is 0 Å². The number of carbonyl (C=O) groups is 1. The van der Waals surface area contributed by atoms with Crippen molar-refractivity contribution in [3.05, 3.63) is 28.4 Å². The largest absolute Gasteiger partial charge is 0.379 e. The minimum absolute atomic E-state index is 0.0243. The highest BCUT2D eigenvalue weighted by molar-refractivity contribution is 5.92. The van der Waals surface area contributed by atoms with Crippen LogP contribution in [0.1, 0.15) is 23.8 Å². The van der Waals surface area contributed by atoms with E-state index in [1.54, 1.807) is 4.90 Å². The predicted octanol–water partition coefficient (Wildman–Crippen LogP) is -0.293. The van der Waals surface area contributed by atoms with Gasteiger partial charge < -0.3 is 14.6 Å². The molecule has 0 spiro atoms. The van der Waals surface area contributed by atoms with Crippen LogP contribution >= 0.6 is 0 Å². The summed E-state index contributed by atoms with van der Waals surface area (Å²) < 4.78 is 5.39. The van der Waals surface area contributed by atoms with Crippen LogP contribution in [0.3, 0.4) is 0 Å². The average molecular weight is 292 g/mol. The first-order chi connectivity index (χ1) is 10.1. The van der Waals surface area contributed by atoms with Crippen molar-refractivity contribution in [2.45, 2.75) is 18.9 Å². The molecule has 7 heteroatoms. The lowest BCUT2D eigenvalue weighted by Gasteiger charge is -2.40. The standard InChI is InChI=1S/C14H20N4O3/c1-14(18-6-8-21-9-7-18)2-5-17(10-14)13(20)11-12(19)16-4-3-15-11/h3-4H,2,5-10H2,1H3,(H,16,19). The summed E-state index contributed by atoms with van der Waals surface area (Å²) in [6.07, 6.45) is 3.77. The molecule has 7 nitrogen and oxygen atoms in total. The summed E-state index contributed by atoms with van der Waals surface area (Å²) in [5, 5.41) is 0. The monoisotopic (exact) mass is 292 g/mol. The van der Waals surface area contributed by atoms with Gasteiger partial charge in [-0.3, -0.25) is 14.5 Å². The van der Waals surface area contributed by atoms with Crippen molar-refractivity contribution in [1.82, 2.24) is 19.8 Å². The molecular formula is C14H20N4O3. The Balaban J connectivity index is 1.73. The first kappa shape index (κ1) is 14.2. The van der Waals surface area contributed by atoms with E-state index in [0.717, 1.165) is 32.7 Å². The van der Waals surface area contributed by atoms with Crippen LogP contribution in [0.5, 0.6) is 0 Å². The van der Waals surface area contributed by atoms with Gasteiger partial charge in [-0.1, -0.05) is 0 Å². The number of carbonyl (C=O) groups excluding carboxylic acids is 1. The van der Waals surface area contributed by atoms with E-state index in [-0.39, 0.29) is 17.1 Å². The number of aromatic amines is 1. The second kappa shape index (κ2) is 5.57. The normalized spacial score (nSPS) is 27.0. The Labute approximate surface area is 122 Å². The number of morpholine rings is 1. The zero-order chi connectivity index (χ0) is 14.9. The Kier molecular flexibility index (Phi) is 3.77. The van der Waals surface area contributed by atoms with Gasteiger partial charge in [0.2, 0.25) is 0 Å². The summed E-state index contributed by atoms with van der Waals surface area (Å²) in [6, 6.07) is 0. The summed E-state index contributed by atoms with van der Waals surface area (Å²) >= 11 is 0. The number of aromatic nitrogens is 2. The lowest BCUT2D eigenvalue weighted by molar-refractivity contribution is -0.0124. The van der Waals surface area contributed by atoms with Crippen LogP contribution in [0.2, 0.25) is 0 Å². The third-order valence-electron chi connectivity index (χ3n) is 4.42. The van der Waals surface area contributed by atoms with Gasteiger partial charge in [-0.05, 0) is 13.3 Å². The van der Waals surface area contributed by atoms with E-state index in [2.05, 4.69) is 21.8 Å². The molecule has 1 atom stereocenters. The molecule has 2 saturated heterocycles. The number of rotatable bonds is 2. The van der Waals surface area contributed by atoms with Crippen molar-refractivity contribution in [3.8, 4) is 0 Å². The van der Waals surface area contributed by atoms with Gasteiger partial charge in [0, 0.05) is 44.1 Å². The van der Waals surface area contributed by atoms with Gasteiger partial charge in [-0.25, -0.2) is 4.98 Å². The predicted molar refractivity (Wildman–Crippen MR) is 76.2 cm³/mol. The van der Waals surface area contributed by atoms with Gasteiger partial charge >= 0.3 is 0 Å². The molecule has 3 heterocycles. The van der Waals surface area contributed by atoms with E-state index in [0.29, 0.717) is 13.1 Å². The molecule has 0 aromatic carbocycles. The van der Waals surface area contributed by atoms with Crippen LogP contribution in [-0.4, -0.2) is 70.6 Å². The quantitative estimate of drug-likeness (QED) is 0.810. The highest BCUT2D eigenvalue weighted by atomic mass is 16.5. The van der Waals surface area contributed by atoms with Crippen molar-refractivity contribution in [1.29, 1.82) is 0 Å². The molecule has 0 bridgehead atoms. The van der Waals surface area contributed by atoms with Gasteiger partial charge in [-0.15, -0.1) is 0 Å². The molecule has 2 aliphatic rings. The molecule has 2 fully saturated rings. The molecule has 1 unspecified atom stereocenters. The van der Waals surface area contributed by atoms with Gasteiger partial charge in [0.1, 0.15) is 0 Å². The number of hydrogen-bond donors (Lipinski definition) is 1. The van der Waals surface area contributed by atoms with Gasteiger partial charge in [0.15, 0.2) is 5.69 Å². The Hall–Kier alpha value is -1.73. The SMILES string of the molecule is CC1(N2CCOCC2)CCN(C(=O)c2ncc[nH]c2=O)C1. The van der Waals surface area contributed by atoms with Crippen LogP contribution in [0.4, 0.5) is 0 Å². The summed E-state index contributed by atoms with van der Waals surface area (Å²) in [5.41, 5.74) is -0.493. The van der Waals surface area contributed by atoms with E-state index >= 15 is 0 Å². The van der Waals surface area contributed by atoms with Crippen LogP contribution < -0.4 is 5.56 Å². The maximum absolute atomic E-state index is 12.4. The Morgan fingerprint density at radius 2 is 2.14 bits per heavy atom. The number of ether oxygens (including phenoxy) is 1. The highest BCUT2D eigenvalue weighted by Gasteiger charge is 2.41. The Morgan fingerprint density at radius 3 is 2.86 bits per heavy atom. The molecule has 114 valence electrons. The summed E-state index contributed by atoms with van der Waals surface area (Å²) in [5.74, 6) is -0.283. The van der Waals surface area contributed by atoms with Crippen LogP contribution in [0.25, 0.3) is 0 Å². The molecule has 2 aliphatic heterocycles. The van der Waals surface area contributed by atoms with Crippen LogP contribution in [-0.2, 0) is 4.74 Å². The van der Waals surface area contributed by atoms with E-state index in [1.807, 2.05) is 0 Å². The summed E-state index contributed by atoms with van der Waals surface area (Å²) in [7, 11) is 0. The number of likely N-dealkylation sites (tertiary alicyclic amines) is 1. The first-order valence-corrected chi connectivity index (χ1v) is 7.26. The van der Waals surface area contributed by atoms with Crippen molar-refractivity contribution >= 4 is 5.91 Å². The number of hydrogen-bond acceptors (Lipinski definition) is 5. The molecular weight excluding hydrogens is 272 g/mol. The van der Waals surface area contributed by atoms with E-state index in [1.165, 1.54) is 12.4 Å². The molecule has 1 aromatic rings. The lowest BCUT2D eigenvalue weighted by Crippen LogP contribution is -2.53. The van der Waals surface area contributed by atoms with Crippen LogP contribution in [0.15, 0.2) is 17.2 Å². The fourth-order valence-electron chi connectivity index (χ4n) is 3.13. The molecule has 1 N–H and O–H groups in total. The molecule has 0 radical (unpaired) electrons. The van der Waals surface area contributed by atoms with Gasteiger partial charge in [0.25, 0.3) is 11.5 Å². The summed E-state index contributed by atoms with van der Waals surface area (Å²) in [4.78, 5) is 34.6. The summed E-state index contributed by atoms with van der Waals surface area (Å²) in [6.45, 7) is 6.72. The number of H-pyrrole nitrogens is 1. The average Bonchev–Trinajstić information content (AvgIpc) is 2.92. The van der Waals surface area contributed by atoms with E-state index in [4.69, 9.17) is 4.74 Å². The van der Waals surface area contributed by atoms with Gasteiger partial charge in [-0.2, -0.15) is 0 Å². The van der Waals surface area contributed by atoms with Crippen LogP contribution in [0, 0.1) is 0 Å². The number of amides is 1. The highest BCUT2D eigenvalue weighted by Crippen LogP contribution is 2.28. The number of nitrogens with zero attached hydrogens (tertiary/aromatic N) is 3. The fourth-order valence-corrected chi connectivity index (χ4v) is 3.13. The molecule has 21 heavy (non-hydrogen) atoms. The molecule has 1 amide bonds. The topological polar surface area (TPSA) is 78.5 Å². The van der Waals surface area contributed by atoms with Crippen molar-refractivity contribution in [2.24, 2.45) is 0 Å². The minimum Gasteiger partial charge on any atom is -0.379 e. The zero-order valence-corrected chi connectivity index (χ0v) is 12.2.